The molecule has 0 bridgehead atoms. The van der Waals surface area contributed by atoms with Gasteiger partial charge in [-0.1, -0.05) is 38.1 Å². The first kappa shape index (κ1) is 20.4. The van der Waals surface area contributed by atoms with Crippen LogP contribution in [0.1, 0.15) is 69.4 Å². The number of carbonyl (C=O) groups is 1. The van der Waals surface area contributed by atoms with Crippen LogP contribution in [-0.4, -0.2) is 25.5 Å². The monoisotopic (exact) mass is 379 g/mol. The third kappa shape index (κ3) is 4.95. The van der Waals surface area contributed by atoms with Crippen LogP contribution in [-0.2, 0) is 4.79 Å². The highest BCUT2D eigenvalue weighted by molar-refractivity contribution is 5.85. The quantitative estimate of drug-likeness (QED) is 0.568. The number of anilines is 1. The molecule has 1 aliphatic heterocycles. The van der Waals surface area contributed by atoms with E-state index < -0.39 is 0 Å². The number of Topliss-reactive ketones (excluding diaryl/α,β-unsaturated/α-hetero) is 1. The Morgan fingerprint density at radius 1 is 1.04 bits per heavy atom. The van der Waals surface area contributed by atoms with Crippen molar-refractivity contribution in [2.75, 3.05) is 24.6 Å². The lowest BCUT2D eigenvalue weighted by Crippen LogP contribution is -2.32. The van der Waals surface area contributed by atoms with Crippen LogP contribution in [0.25, 0.3) is 0 Å². The summed E-state index contributed by atoms with van der Waals surface area (Å²) >= 11 is 0. The Labute approximate surface area is 169 Å². The Kier molecular flexibility index (Phi) is 7.13. The summed E-state index contributed by atoms with van der Waals surface area (Å²) in [4.78, 5) is 14.6. The summed E-state index contributed by atoms with van der Waals surface area (Å²) in [5.41, 5.74) is 3.82. The third-order valence-corrected chi connectivity index (χ3v) is 5.90. The van der Waals surface area contributed by atoms with Crippen LogP contribution in [0.4, 0.5) is 5.69 Å². The highest BCUT2D eigenvalue weighted by Gasteiger charge is 2.21. The summed E-state index contributed by atoms with van der Waals surface area (Å²) in [6.45, 7) is 8.95. The van der Waals surface area contributed by atoms with E-state index in [0.717, 1.165) is 30.8 Å². The lowest BCUT2D eigenvalue weighted by Gasteiger charge is -2.34. The second-order valence-corrected chi connectivity index (χ2v) is 7.79. The van der Waals surface area contributed by atoms with Crippen LogP contribution in [0.15, 0.2) is 48.5 Å². The fraction of sp³-hybridized carbons (Fsp3) is 0.480. The van der Waals surface area contributed by atoms with Gasteiger partial charge in [-0.05, 0) is 67.5 Å². The molecule has 0 radical (unpaired) electrons. The van der Waals surface area contributed by atoms with Gasteiger partial charge in [0.25, 0.3) is 0 Å². The van der Waals surface area contributed by atoms with Crippen LogP contribution in [0, 0.1) is 0 Å². The predicted octanol–water partition coefficient (Wildman–Crippen LogP) is 5.94. The average molecular weight is 380 g/mol. The molecular weight excluding hydrogens is 346 g/mol. The van der Waals surface area contributed by atoms with Crippen molar-refractivity contribution in [3.05, 3.63) is 59.7 Å². The smallest absolute Gasteiger partial charge is 0.140 e. The molecule has 3 rings (SSSR count). The molecule has 2 aromatic carbocycles. The fourth-order valence-corrected chi connectivity index (χ4v) is 4.10. The second-order valence-electron chi connectivity index (χ2n) is 7.79. The molecule has 28 heavy (non-hydrogen) atoms. The second kappa shape index (κ2) is 9.77. The van der Waals surface area contributed by atoms with Crippen LogP contribution in [0.5, 0.6) is 5.75 Å². The van der Waals surface area contributed by atoms with Crippen molar-refractivity contribution in [2.45, 2.75) is 58.3 Å². The van der Waals surface area contributed by atoms with Crippen molar-refractivity contribution in [3.8, 4) is 5.75 Å². The molecule has 150 valence electrons. The van der Waals surface area contributed by atoms with Gasteiger partial charge in [0.1, 0.15) is 11.5 Å². The fourth-order valence-electron chi connectivity index (χ4n) is 4.10. The molecule has 1 aliphatic rings. The summed E-state index contributed by atoms with van der Waals surface area (Å²) in [5.74, 6) is 1.92. The number of ketones is 1. The molecule has 0 N–H and O–H groups in total. The highest BCUT2D eigenvalue weighted by atomic mass is 16.5. The van der Waals surface area contributed by atoms with Crippen molar-refractivity contribution in [1.82, 2.24) is 0 Å². The molecule has 2 aromatic rings. The van der Waals surface area contributed by atoms with Crippen molar-refractivity contribution >= 4 is 11.5 Å². The molecule has 0 aromatic heterocycles. The Balaban J connectivity index is 1.56. The number of piperidine rings is 1. The van der Waals surface area contributed by atoms with E-state index in [1.807, 2.05) is 13.8 Å². The van der Waals surface area contributed by atoms with Gasteiger partial charge in [0.2, 0.25) is 0 Å². The zero-order chi connectivity index (χ0) is 19.9. The maximum absolute atomic E-state index is 12.1. The summed E-state index contributed by atoms with van der Waals surface area (Å²) < 4.78 is 5.55. The van der Waals surface area contributed by atoms with Crippen molar-refractivity contribution in [3.63, 3.8) is 0 Å². The van der Waals surface area contributed by atoms with E-state index in [9.17, 15) is 4.79 Å². The van der Waals surface area contributed by atoms with Crippen LogP contribution < -0.4 is 9.64 Å². The zero-order valence-corrected chi connectivity index (χ0v) is 17.5. The largest absolute Gasteiger partial charge is 0.494 e. The van der Waals surface area contributed by atoms with E-state index in [0.29, 0.717) is 24.7 Å². The van der Waals surface area contributed by atoms with Crippen LogP contribution in [0.2, 0.25) is 0 Å². The molecule has 3 nitrogen and oxygen atoms in total. The Bertz CT molecular complexity index is 743. The minimum atomic E-state index is -0.000559. The number of ether oxygens (including phenoxy) is 1. The van der Waals surface area contributed by atoms with Gasteiger partial charge in [-0.25, -0.2) is 0 Å². The Morgan fingerprint density at radius 2 is 1.68 bits per heavy atom. The lowest BCUT2D eigenvalue weighted by atomic mass is 9.89. The number of nitrogens with zero attached hydrogens (tertiary/aromatic N) is 1. The van der Waals surface area contributed by atoms with Crippen molar-refractivity contribution in [1.29, 1.82) is 0 Å². The number of hydrogen-bond donors (Lipinski definition) is 0. The zero-order valence-electron chi connectivity index (χ0n) is 17.5. The highest BCUT2D eigenvalue weighted by Crippen LogP contribution is 2.32. The first-order chi connectivity index (χ1) is 13.6. The number of carbonyl (C=O) groups excluding carboxylic acids is 1. The van der Waals surface area contributed by atoms with E-state index in [1.165, 1.54) is 24.1 Å². The topological polar surface area (TPSA) is 29.5 Å². The number of rotatable bonds is 8. The Hall–Kier alpha value is -2.29. The Morgan fingerprint density at radius 3 is 2.25 bits per heavy atom. The van der Waals surface area contributed by atoms with Crippen molar-refractivity contribution < 1.29 is 9.53 Å². The summed E-state index contributed by atoms with van der Waals surface area (Å²) in [5, 5.41) is 0. The molecule has 0 saturated carbocycles. The van der Waals surface area contributed by atoms with E-state index in [4.69, 9.17) is 4.74 Å². The maximum atomic E-state index is 12.1. The first-order valence-corrected chi connectivity index (χ1v) is 10.7. The molecule has 0 spiro atoms. The minimum Gasteiger partial charge on any atom is -0.494 e. The van der Waals surface area contributed by atoms with Crippen LogP contribution in [0.3, 0.4) is 0 Å². The lowest BCUT2D eigenvalue weighted by molar-refractivity contribution is -0.120. The van der Waals surface area contributed by atoms with Gasteiger partial charge in [-0.2, -0.15) is 0 Å². The molecular formula is C25H33NO2. The van der Waals surface area contributed by atoms with Gasteiger partial charge < -0.3 is 9.64 Å². The number of benzene rings is 2. The average Bonchev–Trinajstić information content (AvgIpc) is 2.74. The van der Waals surface area contributed by atoms with E-state index in [2.05, 4.69) is 60.4 Å². The SMILES string of the molecule is CCCC(=O)C(C)c1ccc(N2CCC(c3ccc(OCC)cc3)CC2)cc1. The standard InChI is InChI=1S/C25H33NO2/c1-4-6-25(27)19(3)20-7-11-23(12-8-20)26-17-15-22(16-18-26)21-9-13-24(14-10-21)28-5-2/h7-14,19,22H,4-6,15-18H2,1-3H3. The van der Waals surface area contributed by atoms with Gasteiger partial charge in [0.05, 0.1) is 6.61 Å². The molecule has 1 heterocycles. The van der Waals surface area contributed by atoms with Gasteiger partial charge >= 0.3 is 0 Å². The minimum absolute atomic E-state index is 0.000559. The molecule has 3 heteroatoms. The van der Waals surface area contributed by atoms with E-state index in [-0.39, 0.29) is 5.92 Å². The third-order valence-electron chi connectivity index (χ3n) is 5.90. The van der Waals surface area contributed by atoms with Crippen LogP contribution >= 0.6 is 0 Å². The van der Waals surface area contributed by atoms with E-state index in [1.54, 1.807) is 0 Å². The maximum Gasteiger partial charge on any atom is 0.140 e. The molecule has 1 saturated heterocycles. The van der Waals surface area contributed by atoms with Crippen molar-refractivity contribution in [2.24, 2.45) is 0 Å². The summed E-state index contributed by atoms with van der Waals surface area (Å²) in [6, 6.07) is 17.2. The van der Waals surface area contributed by atoms with Gasteiger partial charge in [-0.15, -0.1) is 0 Å². The first-order valence-electron chi connectivity index (χ1n) is 10.7. The predicted molar refractivity (Wildman–Crippen MR) is 117 cm³/mol. The molecule has 0 aliphatic carbocycles. The molecule has 1 unspecified atom stereocenters. The summed E-state index contributed by atoms with van der Waals surface area (Å²) in [6.07, 6.45) is 3.93. The van der Waals surface area contributed by atoms with E-state index >= 15 is 0 Å². The molecule has 1 atom stereocenters. The molecule has 1 fully saturated rings. The van der Waals surface area contributed by atoms with Gasteiger partial charge in [0, 0.05) is 31.1 Å². The van der Waals surface area contributed by atoms with Gasteiger partial charge in [-0.3, -0.25) is 4.79 Å². The molecule has 0 amide bonds. The summed E-state index contributed by atoms with van der Waals surface area (Å²) in [7, 11) is 0. The number of hydrogen-bond acceptors (Lipinski definition) is 3. The normalized spacial score (nSPS) is 16.0. The van der Waals surface area contributed by atoms with Gasteiger partial charge in [0.15, 0.2) is 0 Å².